The minimum absolute atomic E-state index is 0.433. The Morgan fingerprint density at radius 3 is 0.782 bits per heavy atom. The van der Waals surface area contributed by atoms with Crippen LogP contribution >= 0.6 is 0 Å². The maximum absolute atomic E-state index is 16.3. The van der Waals surface area contributed by atoms with Crippen molar-refractivity contribution in [2.75, 3.05) is 5.75 Å². The summed E-state index contributed by atoms with van der Waals surface area (Å²) in [6.07, 6.45) is -134. The molecule has 0 bridgehead atoms. The van der Waals surface area contributed by atoms with E-state index >= 15 is 35.1 Å². The molecule has 0 aromatic carbocycles. The molecule has 7 unspecified atom stereocenters. The Hall–Kier alpha value is -3.92. The molecule has 0 aliphatic heterocycles. The van der Waals surface area contributed by atoms with Gasteiger partial charge < -0.3 is 4.55 Å². The molecule has 1 amide bonds. The standard InChI is InChI=1S/C29H13F46NO10S/c1-7(2,4-87(78,79)80)76-6(77)5(9(31,17(43,44)45)82-27(70,71)13(37,21(55,56)57)86-29(74,75)15(39,23(61,62)63)84-25(66,67)11(34,35)19(49,50)51)3-8(30,16(40,41)42)81-26(68,69)12(36,20(52,53)54)85-28(72,73)14(38,22(58,59)60)83-24(64,65)10(32,33)18(46,47)48/h5H,3-4H2,1-2H3,(H,76,77)(H,78,79,80). The minimum Gasteiger partial charge on any atom is -0.748 e. The van der Waals surface area contributed by atoms with Crippen LogP contribution in [-0.2, 0) is 43.3 Å². The van der Waals surface area contributed by atoms with Crippen molar-refractivity contribution in [1.29, 1.82) is 0 Å². The Morgan fingerprint density at radius 1 is 0.345 bits per heavy atom. The second-order valence-corrected chi connectivity index (χ2v) is 18.0. The van der Waals surface area contributed by atoms with E-state index in [0.29, 0.717) is 0 Å². The first-order chi connectivity index (χ1) is 36.7. The number of alkyl halides is 46. The second-order valence-electron chi connectivity index (χ2n) is 16.6. The molecule has 0 saturated heterocycles. The van der Waals surface area contributed by atoms with E-state index in [9.17, 15) is 185 Å². The highest BCUT2D eigenvalue weighted by Gasteiger charge is 2.91. The molecule has 0 fully saturated rings. The summed E-state index contributed by atoms with van der Waals surface area (Å²) in [6.45, 7) is -0.866. The van der Waals surface area contributed by atoms with Crippen molar-refractivity contribution in [2.45, 2.75) is 159 Å². The smallest absolute Gasteiger partial charge is 0.462 e. The molecule has 522 valence electrons. The van der Waals surface area contributed by atoms with E-state index in [4.69, 9.17) is 0 Å². The molecule has 2 N–H and O–H groups in total. The first-order valence-corrected chi connectivity index (χ1v) is 20.5. The zero-order valence-corrected chi connectivity index (χ0v) is 39.3. The lowest BCUT2D eigenvalue weighted by atomic mass is 9.88. The highest BCUT2D eigenvalue weighted by Crippen LogP contribution is 2.63. The van der Waals surface area contributed by atoms with E-state index in [1.165, 1.54) is 9.47 Å². The Bertz CT molecular complexity index is 2530. The van der Waals surface area contributed by atoms with Gasteiger partial charge in [0.1, 0.15) is 21.6 Å². The minimum atomic E-state index is -9.77. The molecule has 0 saturated carbocycles. The van der Waals surface area contributed by atoms with Crippen molar-refractivity contribution in [1.82, 2.24) is 0 Å². The summed E-state index contributed by atoms with van der Waals surface area (Å²) in [5, 5.41) is -1.76. The first kappa shape index (κ1) is 83.1. The van der Waals surface area contributed by atoms with Gasteiger partial charge in [0.05, 0.1) is 5.75 Å². The van der Waals surface area contributed by atoms with Crippen LogP contribution in [-0.4, -0.2) is 163 Å². The zero-order chi connectivity index (χ0) is 71.5. The molecular formula is C29H13F46NO10S. The largest absolute Gasteiger partial charge is 0.748 e. The normalized spacial score (nSPS) is 20.4. The fourth-order valence-corrected chi connectivity index (χ4v) is 6.14. The number of hydrogen-bond acceptors (Lipinski definition) is 10. The van der Waals surface area contributed by atoms with E-state index in [2.05, 4.69) is 0 Å². The summed E-state index contributed by atoms with van der Waals surface area (Å²) in [5.74, 6) is -88.1. The van der Waals surface area contributed by atoms with Crippen LogP contribution in [0, 0.1) is 5.92 Å². The average Bonchev–Trinajstić information content (AvgIpc) is 3.16. The summed E-state index contributed by atoms with van der Waals surface area (Å²) in [5.41, 5.74) is -3.88. The number of carbonyl (C=O) groups excluding carboxylic acids is 1. The van der Waals surface area contributed by atoms with Crippen LogP contribution in [0.1, 0.15) is 20.3 Å². The van der Waals surface area contributed by atoms with Crippen LogP contribution in [0.2, 0.25) is 0 Å². The van der Waals surface area contributed by atoms with Gasteiger partial charge in [-0.05, 0) is 13.8 Å². The van der Waals surface area contributed by atoms with Gasteiger partial charge in [-0.25, -0.2) is 22.0 Å². The van der Waals surface area contributed by atoms with Crippen LogP contribution in [0.5, 0.6) is 0 Å². The van der Waals surface area contributed by atoms with E-state index in [-0.39, 0.29) is 0 Å². The van der Waals surface area contributed by atoms with Gasteiger partial charge in [-0.15, -0.1) is 0 Å². The SMILES string of the molecule is CC(C)(CS(=O)(=O)[O-])[NH2+]C(=O)C(CC(F)(OC(F)(F)C(F)(OC(F)(F)C(F)(OC(F)(F)C(F)(F)C(F)(F)F)C(F)(F)F)C(F)(F)F)C(F)(F)F)C(F)(OC(F)(F)C(F)(OC(F)(F)C(F)(OC(F)(F)C(F)(F)C(F)(F)F)C(F)(F)F)C(F)(F)F)C(F)(F)F. The molecule has 87 heavy (non-hydrogen) atoms. The molecule has 7 atom stereocenters. The molecule has 0 aromatic heterocycles. The summed E-state index contributed by atoms with van der Waals surface area (Å²) >= 11 is 0. The molecule has 11 nitrogen and oxygen atoms in total. The lowest BCUT2D eigenvalue weighted by molar-refractivity contribution is -0.642. The molecular weight excluding hydrogens is 1430 g/mol. The van der Waals surface area contributed by atoms with Crippen LogP contribution in [0.25, 0.3) is 0 Å². The topological polar surface area (TPSA) is 146 Å². The number of primary amides is 1. The average molecular weight is 1440 g/mol. The Balaban J connectivity index is 9.19. The number of quaternary nitrogens is 1. The Kier molecular flexibility index (Phi) is 21.4. The van der Waals surface area contributed by atoms with Crippen molar-refractivity contribution in [3.63, 3.8) is 0 Å². The van der Waals surface area contributed by atoms with Gasteiger partial charge in [0.15, 0.2) is 0 Å². The van der Waals surface area contributed by atoms with Gasteiger partial charge in [0.2, 0.25) is 0 Å². The lowest BCUT2D eigenvalue weighted by Crippen LogP contribution is -3.01. The molecule has 58 heteroatoms. The van der Waals surface area contributed by atoms with E-state index < -0.39 is 192 Å². The highest BCUT2D eigenvalue weighted by molar-refractivity contribution is 7.85. The molecule has 0 aliphatic carbocycles. The summed E-state index contributed by atoms with van der Waals surface area (Å²) in [6, 6.07) is 0. The van der Waals surface area contributed by atoms with E-state index in [1.807, 2.05) is 0 Å². The number of ether oxygens (including phenoxy) is 6. The molecule has 0 aliphatic rings. The van der Waals surface area contributed by atoms with Crippen molar-refractivity contribution in [3.8, 4) is 0 Å². The quantitative estimate of drug-likeness (QED) is 0.0692. The number of hydrogen-bond donors (Lipinski definition) is 1. The van der Waals surface area contributed by atoms with Crippen LogP contribution in [0.15, 0.2) is 0 Å². The van der Waals surface area contributed by atoms with Crippen LogP contribution < -0.4 is 5.32 Å². The van der Waals surface area contributed by atoms with Crippen molar-refractivity contribution in [2.24, 2.45) is 5.92 Å². The van der Waals surface area contributed by atoms with Crippen LogP contribution in [0.3, 0.4) is 0 Å². The number of amides is 1. The molecule has 0 aromatic rings. The third kappa shape index (κ3) is 15.5. The van der Waals surface area contributed by atoms with E-state index in [0.717, 1.165) is 18.9 Å². The first-order valence-electron chi connectivity index (χ1n) is 18.9. The van der Waals surface area contributed by atoms with Gasteiger partial charge >= 0.3 is 139 Å². The number of carbonyl (C=O) groups is 1. The molecule has 0 spiro atoms. The van der Waals surface area contributed by atoms with Gasteiger partial charge in [-0.1, -0.05) is 0 Å². The third-order valence-corrected chi connectivity index (χ3v) is 10.3. The number of nitrogens with two attached hydrogens (primary N) is 1. The Morgan fingerprint density at radius 2 is 0.575 bits per heavy atom. The predicted molar refractivity (Wildman–Crippen MR) is 161 cm³/mol. The van der Waals surface area contributed by atoms with Gasteiger partial charge in [0.25, 0.3) is 0 Å². The number of halogens is 46. The molecule has 0 radical (unpaired) electrons. The summed E-state index contributed by atoms with van der Waals surface area (Å²) in [7, 11) is -6.48. The predicted octanol–water partition coefficient (Wildman–Crippen LogP) is 12.8. The lowest BCUT2D eigenvalue weighted by Gasteiger charge is -2.45. The number of rotatable bonds is 25. The molecule has 0 rings (SSSR count). The van der Waals surface area contributed by atoms with Crippen molar-refractivity contribution >= 4 is 16.0 Å². The van der Waals surface area contributed by atoms with Crippen LogP contribution in [0.4, 0.5) is 202 Å². The summed E-state index contributed by atoms with van der Waals surface area (Å²) < 4.78 is 681. The molecule has 0 heterocycles. The fourth-order valence-electron chi connectivity index (χ4n) is 5.15. The van der Waals surface area contributed by atoms with Gasteiger partial charge in [0, 0.05) is 6.42 Å². The van der Waals surface area contributed by atoms with Crippen molar-refractivity contribution < 1.29 is 253 Å². The monoisotopic (exact) mass is 1440 g/mol. The van der Waals surface area contributed by atoms with Gasteiger partial charge in [-0.3, -0.25) is 33.7 Å². The fraction of sp³-hybridized carbons (Fsp3) is 0.966. The summed E-state index contributed by atoms with van der Waals surface area (Å²) in [4.78, 5) is 13.0. The highest BCUT2D eigenvalue weighted by atomic mass is 32.2. The van der Waals surface area contributed by atoms with Gasteiger partial charge in [-0.2, -0.15) is 193 Å². The van der Waals surface area contributed by atoms with E-state index in [1.54, 1.807) is 0 Å². The second kappa shape index (κ2) is 22.4. The maximum atomic E-state index is 16.3. The van der Waals surface area contributed by atoms with Crippen molar-refractivity contribution in [3.05, 3.63) is 0 Å². The maximum Gasteiger partial charge on any atom is 0.462 e. The Labute approximate surface area is 441 Å². The zero-order valence-electron chi connectivity index (χ0n) is 38.4. The third-order valence-electron chi connectivity index (χ3n) is 9.19.